The maximum atomic E-state index is 12.4. The number of amides is 2. The fraction of sp³-hybridized carbons (Fsp3) is 0.556. The van der Waals surface area contributed by atoms with Gasteiger partial charge in [0.1, 0.15) is 0 Å². The fourth-order valence-corrected chi connectivity index (χ4v) is 3.32. The molecule has 0 saturated carbocycles. The molecular weight excluding hydrogens is 290 g/mol. The van der Waals surface area contributed by atoms with E-state index in [9.17, 15) is 9.59 Å². The second kappa shape index (κ2) is 6.60. The first-order valence-corrected chi connectivity index (χ1v) is 8.51. The molecule has 5 heteroatoms. The number of carbonyl (C=O) groups is 2. The molecule has 5 nitrogen and oxygen atoms in total. The third kappa shape index (κ3) is 3.49. The summed E-state index contributed by atoms with van der Waals surface area (Å²) in [4.78, 5) is 26.3. The van der Waals surface area contributed by atoms with Crippen LogP contribution in [0, 0.1) is 5.92 Å². The summed E-state index contributed by atoms with van der Waals surface area (Å²) in [7, 11) is 0. The molecular formula is C18H25N3O2. The molecule has 0 aliphatic carbocycles. The smallest absolute Gasteiger partial charge is 0.251 e. The van der Waals surface area contributed by atoms with Gasteiger partial charge in [-0.05, 0) is 43.0 Å². The second-order valence-electron chi connectivity index (χ2n) is 6.78. The van der Waals surface area contributed by atoms with Crippen molar-refractivity contribution < 1.29 is 9.59 Å². The number of benzene rings is 1. The lowest BCUT2D eigenvalue weighted by Gasteiger charge is -2.33. The number of carbonyl (C=O) groups excluding carboxylic acids is 2. The molecule has 0 atom stereocenters. The van der Waals surface area contributed by atoms with Gasteiger partial charge in [0.2, 0.25) is 5.91 Å². The quantitative estimate of drug-likeness (QED) is 0.897. The van der Waals surface area contributed by atoms with Crippen molar-refractivity contribution in [2.75, 3.05) is 25.0 Å². The number of hydrogen-bond donors (Lipinski definition) is 2. The Balaban J connectivity index is 1.54. The lowest BCUT2D eigenvalue weighted by Crippen LogP contribution is -2.47. The zero-order valence-corrected chi connectivity index (χ0v) is 13.9. The molecule has 124 valence electrons. The van der Waals surface area contributed by atoms with Crippen molar-refractivity contribution in [2.24, 2.45) is 5.92 Å². The van der Waals surface area contributed by atoms with Crippen molar-refractivity contribution in [3.05, 3.63) is 29.3 Å². The van der Waals surface area contributed by atoms with Crippen LogP contribution in [-0.4, -0.2) is 42.4 Å². The fourth-order valence-electron chi connectivity index (χ4n) is 3.32. The van der Waals surface area contributed by atoms with Gasteiger partial charge in [-0.25, -0.2) is 0 Å². The molecule has 0 bridgehead atoms. The number of anilines is 1. The molecule has 23 heavy (non-hydrogen) atoms. The van der Waals surface area contributed by atoms with Crippen LogP contribution < -0.4 is 10.6 Å². The van der Waals surface area contributed by atoms with E-state index in [1.165, 1.54) is 5.56 Å². The third-order valence-electron chi connectivity index (χ3n) is 4.71. The van der Waals surface area contributed by atoms with E-state index in [1.54, 1.807) is 0 Å². The molecule has 0 spiro atoms. The van der Waals surface area contributed by atoms with E-state index in [0.717, 1.165) is 50.1 Å². The molecule has 2 aliphatic rings. The Morgan fingerprint density at radius 2 is 2.00 bits per heavy atom. The Kier molecular flexibility index (Phi) is 4.55. The van der Waals surface area contributed by atoms with Gasteiger partial charge in [0.15, 0.2) is 0 Å². The molecule has 0 radical (unpaired) electrons. The van der Waals surface area contributed by atoms with Crippen LogP contribution >= 0.6 is 0 Å². The van der Waals surface area contributed by atoms with Gasteiger partial charge in [-0.3, -0.25) is 9.59 Å². The highest BCUT2D eigenvalue weighted by Crippen LogP contribution is 2.23. The summed E-state index contributed by atoms with van der Waals surface area (Å²) in [6.07, 6.45) is 2.64. The largest absolute Gasteiger partial charge is 0.384 e. The van der Waals surface area contributed by atoms with Gasteiger partial charge in [0.05, 0.1) is 0 Å². The summed E-state index contributed by atoms with van der Waals surface area (Å²) >= 11 is 0. The monoisotopic (exact) mass is 315 g/mol. The van der Waals surface area contributed by atoms with Crippen molar-refractivity contribution in [1.82, 2.24) is 10.2 Å². The minimum atomic E-state index is -0.00617. The first kappa shape index (κ1) is 15.8. The molecule has 2 N–H and O–H groups in total. The number of fused-ring (bicyclic) bond motifs is 1. The van der Waals surface area contributed by atoms with Crippen molar-refractivity contribution in [2.45, 2.75) is 39.2 Å². The Morgan fingerprint density at radius 3 is 2.70 bits per heavy atom. The van der Waals surface area contributed by atoms with Gasteiger partial charge in [0.25, 0.3) is 5.91 Å². The predicted molar refractivity (Wildman–Crippen MR) is 90.5 cm³/mol. The Morgan fingerprint density at radius 1 is 1.26 bits per heavy atom. The van der Waals surface area contributed by atoms with Gasteiger partial charge >= 0.3 is 0 Å². The highest BCUT2D eigenvalue weighted by molar-refractivity contribution is 5.95. The van der Waals surface area contributed by atoms with Gasteiger partial charge in [-0.1, -0.05) is 13.8 Å². The van der Waals surface area contributed by atoms with Crippen LogP contribution in [0.2, 0.25) is 0 Å². The molecule has 2 heterocycles. The Labute approximate surface area is 137 Å². The molecule has 0 aromatic heterocycles. The number of nitrogens with one attached hydrogen (secondary N) is 2. The standard InChI is InChI=1S/C18H25N3O2/c1-12(2)18(23)21-9-6-15(7-10-21)20-17(22)14-3-4-16-13(11-14)5-8-19-16/h3-4,11-12,15,19H,5-10H2,1-2H3,(H,20,22). The topological polar surface area (TPSA) is 61.4 Å². The number of nitrogens with zero attached hydrogens (tertiary/aromatic N) is 1. The van der Waals surface area contributed by atoms with Crippen molar-refractivity contribution in [3.8, 4) is 0 Å². The van der Waals surface area contributed by atoms with E-state index >= 15 is 0 Å². The zero-order valence-electron chi connectivity index (χ0n) is 13.9. The third-order valence-corrected chi connectivity index (χ3v) is 4.71. The predicted octanol–water partition coefficient (Wildman–Crippen LogP) is 2.03. The summed E-state index contributed by atoms with van der Waals surface area (Å²) < 4.78 is 0. The summed E-state index contributed by atoms with van der Waals surface area (Å²) in [6, 6.07) is 6.01. The van der Waals surface area contributed by atoms with Crippen LogP contribution in [0.15, 0.2) is 18.2 Å². The van der Waals surface area contributed by atoms with Crippen molar-refractivity contribution in [1.29, 1.82) is 0 Å². The first-order valence-electron chi connectivity index (χ1n) is 8.51. The first-order chi connectivity index (χ1) is 11.0. The summed E-state index contributed by atoms with van der Waals surface area (Å²) in [6.45, 7) is 6.27. The highest BCUT2D eigenvalue weighted by Gasteiger charge is 2.25. The van der Waals surface area contributed by atoms with Crippen molar-refractivity contribution >= 4 is 17.5 Å². The molecule has 1 fully saturated rings. The summed E-state index contributed by atoms with van der Waals surface area (Å²) in [5, 5.41) is 6.42. The van der Waals surface area contributed by atoms with Crippen LogP contribution in [0.3, 0.4) is 0 Å². The van der Waals surface area contributed by atoms with E-state index in [-0.39, 0.29) is 23.8 Å². The van der Waals surface area contributed by atoms with E-state index in [4.69, 9.17) is 0 Å². The average molecular weight is 315 g/mol. The van der Waals surface area contributed by atoms with Gasteiger partial charge in [0, 0.05) is 42.8 Å². The Bertz CT molecular complexity index is 604. The summed E-state index contributed by atoms with van der Waals surface area (Å²) in [5.74, 6) is 0.246. The minimum Gasteiger partial charge on any atom is -0.384 e. The van der Waals surface area contributed by atoms with Gasteiger partial charge in [-0.15, -0.1) is 0 Å². The maximum absolute atomic E-state index is 12.4. The van der Waals surface area contributed by atoms with Crippen LogP contribution in [-0.2, 0) is 11.2 Å². The van der Waals surface area contributed by atoms with E-state index < -0.39 is 0 Å². The van der Waals surface area contributed by atoms with E-state index in [2.05, 4.69) is 10.6 Å². The Hall–Kier alpha value is -2.04. The number of piperidine rings is 1. The van der Waals surface area contributed by atoms with Crippen LogP contribution in [0.4, 0.5) is 5.69 Å². The van der Waals surface area contributed by atoms with E-state index in [1.807, 2.05) is 36.9 Å². The lowest BCUT2D eigenvalue weighted by atomic mass is 10.0. The maximum Gasteiger partial charge on any atom is 0.251 e. The molecule has 1 aromatic rings. The number of likely N-dealkylation sites (tertiary alicyclic amines) is 1. The van der Waals surface area contributed by atoms with Crippen LogP contribution in [0.5, 0.6) is 0 Å². The van der Waals surface area contributed by atoms with Crippen molar-refractivity contribution in [3.63, 3.8) is 0 Å². The van der Waals surface area contributed by atoms with Gasteiger partial charge < -0.3 is 15.5 Å². The molecule has 2 aliphatic heterocycles. The molecule has 1 aromatic carbocycles. The van der Waals surface area contributed by atoms with E-state index in [0.29, 0.717) is 0 Å². The van der Waals surface area contributed by atoms with Gasteiger partial charge in [-0.2, -0.15) is 0 Å². The lowest BCUT2D eigenvalue weighted by molar-refractivity contribution is -0.135. The number of rotatable bonds is 3. The minimum absolute atomic E-state index is 0.00617. The molecule has 2 amide bonds. The highest BCUT2D eigenvalue weighted by atomic mass is 16.2. The number of hydrogen-bond acceptors (Lipinski definition) is 3. The second-order valence-corrected chi connectivity index (χ2v) is 6.78. The molecule has 3 rings (SSSR count). The normalized spacial score (nSPS) is 17.8. The summed E-state index contributed by atoms with van der Waals surface area (Å²) in [5.41, 5.74) is 3.09. The SMILES string of the molecule is CC(C)C(=O)N1CCC(NC(=O)c2ccc3c(c2)CCN3)CC1. The van der Waals surface area contributed by atoms with Crippen LogP contribution in [0.25, 0.3) is 0 Å². The van der Waals surface area contributed by atoms with Crippen LogP contribution in [0.1, 0.15) is 42.6 Å². The zero-order chi connectivity index (χ0) is 16.4. The molecule has 1 saturated heterocycles. The molecule has 0 unspecified atom stereocenters. The average Bonchev–Trinajstić information content (AvgIpc) is 3.02.